The van der Waals surface area contributed by atoms with Crippen LogP contribution in [0, 0.1) is 12.8 Å². The predicted octanol–water partition coefficient (Wildman–Crippen LogP) is 2.72. The summed E-state index contributed by atoms with van der Waals surface area (Å²) in [7, 11) is 2.17. The summed E-state index contributed by atoms with van der Waals surface area (Å²) >= 11 is 0. The number of rotatable bonds is 3. The summed E-state index contributed by atoms with van der Waals surface area (Å²) in [6.45, 7) is 3.14. The third-order valence-corrected chi connectivity index (χ3v) is 4.04. The van der Waals surface area contributed by atoms with Crippen molar-refractivity contribution in [2.45, 2.75) is 25.8 Å². The maximum absolute atomic E-state index is 5.87. The van der Waals surface area contributed by atoms with Gasteiger partial charge in [-0.25, -0.2) is 0 Å². The Morgan fingerprint density at radius 2 is 2.05 bits per heavy atom. The van der Waals surface area contributed by atoms with Gasteiger partial charge in [-0.05, 0) is 37.8 Å². The van der Waals surface area contributed by atoms with Crippen LogP contribution in [0.1, 0.15) is 18.5 Å². The molecule has 0 atom stereocenters. The molecule has 1 aliphatic rings. The van der Waals surface area contributed by atoms with E-state index in [0.717, 1.165) is 36.5 Å². The molecule has 0 spiro atoms. The third kappa shape index (κ3) is 2.43. The van der Waals surface area contributed by atoms with E-state index in [9.17, 15) is 0 Å². The van der Waals surface area contributed by atoms with E-state index in [1.54, 1.807) is 0 Å². The number of hydrogen-bond donors (Lipinski definition) is 1. The lowest BCUT2D eigenvalue weighted by molar-refractivity contribution is 0.271. The highest BCUT2D eigenvalue weighted by Gasteiger charge is 2.27. The molecule has 0 unspecified atom stereocenters. The molecule has 1 heterocycles. The maximum Gasteiger partial charge on any atom is 0.0726 e. The van der Waals surface area contributed by atoms with E-state index in [0.29, 0.717) is 6.04 Å². The average molecular weight is 255 g/mol. The molecule has 0 amide bonds. The van der Waals surface area contributed by atoms with Gasteiger partial charge in [-0.1, -0.05) is 18.2 Å². The number of nitrogens with two attached hydrogens (primary N) is 1. The Labute approximate surface area is 114 Å². The molecule has 19 heavy (non-hydrogen) atoms. The van der Waals surface area contributed by atoms with Crippen LogP contribution in [0.25, 0.3) is 10.9 Å². The van der Waals surface area contributed by atoms with Gasteiger partial charge in [0.05, 0.1) is 5.52 Å². The summed E-state index contributed by atoms with van der Waals surface area (Å²) in [6.07, 6.45) is 2.32. The molecule has 3 rings (SSSR count). The first kappa shape index (κ1) is 12.4. The van der Waals surface area contributed by atoms with Gasteiger partial charge in [0.15, 0.2) is 0 Å². The predicted molar refractivity (Wildman–Crippen MR) is 80.4 cm³/mol. The first-order valence-electron chi connectivity index (χ1n) is 6.96. The van der Waals surface area contributed by atoms with Crippen molar-refractivity contribution >= 4 is 16.6 Å². The van der Waals surface area contributed by atoms with Crippen molar-refractivity contribution in [3.8, 4) is 0 Å². The lowest BCUT2D eigenvalue weighted by Gasteiger charge is -2.36. The molecule has 0 saturated heterocycles. The van der Waals surface area contributed by atoms with Crippen LogP contribution in [0.5, 0.6) is 0 Å². The Bertz CT molecular complexity index is 588. The molecule has 2 N–H and O–H groups in total. The summed E-state index contributed by atoms with van der Waals surface area (Å²) in [5.41, 5.74) is 9.30. The first-order chi connectivity index (χ1) is 9.13. The zero-order valence-corrected chi connectivity index (χ0v) is 11.6. The second-order valence-corrected chi connectivity index (χ2v) is 5.78. The van der Waals surface area contributed by atoms with Gasteiger partial charge in [0.2, 0.25) is 0 Å². The lowest BCUT2D eigenvalue weighted by Crippen LogP contribution is -2.41. The van der Waals surface area contributed by atoms with Crippen LogP contribution in [0.2, 0.25) is 0 Å². The quantitative estimate of drug-likeness (QED) is 0.917. The molecule has 3 nitrogen and oxygen atoms in total. The van der Waals surface area contributed by atoms with Gasteiger partial charge in [-0.15, -0.1) is 0 Å². The van der Waals surface area contributed by atoms with E-state index in [4.69, 9.17) is 5.73 Å². The Morgan fingerprint density at radius 3 is 2.79 bits per heavy atom. The van der Waals surface area contributed by atoms with E-state index in [-0.39, 0.29) is 0 Å². The van der Waals surface area contributed by atoms with Gasteiger partial charge in [0.1, 0.15) is 0 Å². The molecule has 2 aromatic rings. The fourth-order valence-corrected chi connectivity index (χ4v) is 3.02. The van der Waals surface area contributed by atoms with Crippen molar-refractivity contribution in [3.05, 3.63) is 36.0 Å². The zero-order chi connectivity index (χ0) is 13.4. The summed E-state index contributed by atoms with van der Waals surface area (Å²) in [5.74, 6) is 0.743. The SMILES string of the molecule is Cc1cc(N(C)CC2CC(N)C2)c2ccccc2n1. The molecule has 1 aromatic heterocycles. The fraction of sp³-hybridized carbons (Fsp3) is 0.438. The van der Waals surface area contributed by atoms with Crippen LogP contribution in [-0.2, 0) is 0 Å². The highest BCUT2D eigenvalue weighted by atomic mass is 15.1. The molecule has 100 valence electrons. The van der Waals surface area contributed by atoms with E-state index in [1.807, 2.05) is 6.07 Å². The van der Waals surface area contributed by atoms with Crippen LogP contribution >= 0.6 is 0 Å². The van der Waals surface area contributed by atoms with Crippen LogP contribution in [0.15, 0.2) is 30.3 Å². The minimum Gasteiger partial charge on any atom is -0.374 e. The van der Waals surface area contributed by atoms with Crippen LogP contribution in [-0.4, -0.2) is 24.6 Å². The van der Waals surface area contributed by atoms with E-state index in [1.165, 1.54) is 11.1 Å². The van der Waals surface area contributed by atoms with Crippen molar-refractivity contribution in [1.29, 1.82) is 0 Å². The Balaban J connectivity index is 1.90. The summed E-state index contributed by atoms with van der Waals surface area (Å²) < 4.78 is 0. The number of fused-ring (bicyclic) bond motifs is 1. The highest BCUT2D eigenvalue weighted by Crippen LogP contribution is 2.30. The molecule has 1 aromatic carbocycles. The van der Waals surface area contributed by atoms with E-state index >= 15 is 0 Å². The Kier molecular flexibility index (Phi) is 3.15. The zero-order valence-electron chi connectivity index (χ0n) is 11.6. The number of benzene rings is 1. The molecule has 0 bridgehead atoms. The second kappa shape index (κ2) is 4.82. The number of hydrogen-bond acceptors (Lipinski definition) is 3. The van der Waals surface area contributed by atoms with E-state index in [2.05, 4.69) is 48.1 Å². The van der Waals surface area contributed by atoms with Crippen LogP contribution in [0.3, 0.4) is 0 Å². The van der Waals surface area contributed by atoms with Crippen LogP contribution in [0.4, 0.5) is 5.69 Å². The standard InChI is InChI=1S/C16H21N3/c1-11-7-16(14-5-3-4-6-15(14)18-11)19(2)10-12-8-13(17)9-12/h3-7,12-13H,8-10,17H2,1-2H3. The number of anilines is 1. The molecule has 3 heteroatoms. The summed E-state index contributed by atoms with van der Waals surface area (Å²) in [6, 6.07) is 11.0. The van der Waals surface area contributed by atoms with Gasteiger partial charge in [0, 0.05) is 36.4 Å². The minimum atomic E-state index is 0.425. The lowest BCUT2D eigenvalue weighted by atomic mass is 9.80. The number of pyridine rings is 1. The van der Waals surface area contributed by atoms with Crippen molar-refractivity contribution in [3.63, 3.8) is 0 Å². The molecule has 1 fully saturated rings. The normalized spacial score (nSPS) is 22.3. The first-order valence-corrected chi connectivity index (χ1v) is 6.96. The number of aromatic nitrogens is 1. The van der Waals surface area contributed by atoms with Gasteiger partial charge in [0.25, 0.3) is 0 Å². The largest absolute Gasteiger partial charge is 0.374 e. The molecule has 0 radical (unpaired) electrons. The fourth-order valence-electron chi connectivity index (χ4n) is 3.02. The molecule has 1 saturated carbocycles. The number of aryl methyl sites for hydroxylation is 1. The maximum atomic E-state index is 5.87. The monoisotopic (exact) mass is 255 g/mol. The van der Waals surface area contributed by atoms with Crippen molar-refractivity contribution < 1.29 is 0 Å². The van der Waals surface area contributed by atoms with Crippen molar-refractivity contribution in [2.24, 2.45) is 11.7 Å². The van der Waals surface area contributed by atoms with E-state index < -0.39 is 0 Å². The summed E-state index contributed by atoms with van der Waals surface area (Å²) in [4.78, 5) is 6.95. The molecular weight excluding hydrogens is 234 g/mol. The minimum absolute atomic E-state index is 0.425. The number of para-hydroxylation sites is 1. The average Bonchev–Trinajstić information content (AvgIpc) is 2.35. The van der Waals surface area contributed by atoms with Gasteiger partial charge in [-0.2, -0.15) is 0 Å². The summed E-state index contributed by atoms with van der Waals surface area (Å²) in [5, 5.41) is 1.24. The second-order valence-electron chi connectivity index (χ2n) is 5.78. The number of nitrogens with zero attached hydrogens (tertiary/aromatic N) is 2. The topological polar surface area (TPSA) is 42.1 Å². The van der Waals surface area contributed by atoms with Gasteiger partial charge < -0.3 is 10.6 Å². The van der Waals surface area contributed by atoms with Crippen molar-refractivity contribution in [2.75, 3.05) is 18.5 Å². The van der Waals surface area contributed by atoms with Crippen molar-refractivity contribution in [1.82, 2.24) is 4.98 Å². The smallest absolute Gasteiger partial charge is 0.0726 e. The Morgan fingerprint density at radius 1 is 1.32 bits per heavy atom. The van der Waals surface area contributed by atoms with Crippen LogP contribution < -0.4 is 10.6 Å². The van der Waals surface area contributed by atoms with Gasteiger partial charge in [-0.3, -0.25) is 4.98 Å². The third-order valence-electron chi connectivity index (χ3n) is 4.04. The van der Waals surface area contributed by atoms with Gasteiger partial charge >= 0.3 is 0 Å². The molecular formula is C16H21N3. The Hall–Kier alpha value is -1.61. The molecule has 1 aliphatic carbocycles. The highest BCUT2D eigenvalue weighted by molar-refractivity contribution is 5.91. The molecule has 0 aliphatic heterocycles.